The van der Waals surface area contributed by atoms with Gasteiger partial charge in [0.1, 0.15) is 10.3 Å². The van der Waals surface area contributed by atoms with Gasteiger partial charge in [0.2, 0.25) is 0 Å². The van der Waals surface area contributed by atoms with Crippen LogP contribution in [-0.2, 0) is 9.22 Å². The second kappa shape index (κ2) is 4310. The molecule has 0 aromatic carbocycles. The zero-order valence-electron chi connectivity index (χ0n) is 6.87. The summed E-state index contributed by atoms with van der Waals surface area (Å²) >= 11 is 0. The minimum absolute atomic E-state index is 0. The zero-order valence-corrected chi connectivity index (χ0v) is 6.76. The summed E-state index contributed by atoms with van der Waals surface area (Å²) in [5.74, 6) is 0. The van der Waals surface area contributed by atoms with E-state index >= 15 is 0 Å². The first-order valence-electron chi connectivity index (χ1n) is 1.40. The van der Waals surface area contributed by atoms with Crippen LogP contribution in [0.5, 0.6) is 0 Å². The second-order valence-corrected chi connectivity index (χ2v) is 0. The van der Waals surface area contributed by atoms with Gasteiger partial charge in [-0.2, -0.15) is 0 Å². The van der Waals surface area contributed by atoms with E-state index in [0.717, 1.165) is 0 Å². The van der Waals surface area contributed by atoms with E-state index < -0.39 is 9.06 Å². The average molecular weight is 295 g/mol. The van der Waals surface area contributed by atoms with Crippen LogP contribution in [0.25, 0.3) is 0 Å². The molecular formula is C5H27O11P. The summed E-state index contributed by atoms with van der Waals surface area (Å²) in [6.07, 6.45) is 0. The summed E-state index contributed by atoms with van der Waals surface area (Å²) in [6, 6.07) is 0. The van der Waals surface area contributed by atoms with Gasteiger partial charge in [-0.15, -0.1) is 0 Å². The molecule has 0 atom stereocenters. The molecule has 0 radical (unpaired) electrons. The van der Waals surface area contributed by atoms with Crippen LogP contribution in [0.3, 0.4) is 0 Å². The monoisotopic (exact) mass is 295 g/mol. The quantitative estimate of drug-likeness (QED) is 0.162. The van der Waals surface area contributed by atoms with Crippen molar-refractivity contribution in [3.8, 4) is 0 Å². The Labute approximate surface area is 104 Å². The first-order valence-corrected chi connectivity index (χ1v) is 1.32. The standard InChI is InChI=1S/CO.4CH4.2H2O2.O2.HOP.3H2O/c1-2;;;;;4*1-2;;;/h;4*1H4;2*1-2H;;2H;3*1H2/i;;;;;;;;2D;;;. The number of hydrogen-bond donors (Lipinski definition) is 4. The molecule has 0 aliphatic carbocycles. The van der Waals surface area contributed by atoms with Gasteiger partial charge in [0.15, 0.2) is 0 Å². The van der Waals surface area contributed by atoms with Crippen LogP contribution < -0.4 is 0 Å². The van der Waals surface area contributed by atoms with Crippen molar-refractivity contribution in [1.82, 2.24) is 0 Å². The Bertz CT molecular complexity index is 57.9. The van der Waals surface area contributed by atoms with E-state index in [1.165, 1.54) is 0 Å². The van der Waals surface area contributed by atoms with Gasteiger partial charge in [-0.3, -0.25) is 25.6 Å². The van der Waals surface area contributed by atoms with Gasteiger partial charge < -0.3 is 16.4 Å². The van der Waals surface area contributed by atoms with Crippen molar-refractivity contribution in [3.63, 3.8) is 0 Å². The van der Waals surface area contributed by atoms with E-state index in [1.807, 2.05) is 0 Å². The fraction of sp³-hybridized carbons (Fsp3) is 0.800. The molecule has 0 unspecified atom stereocenters. The molecule has 0 aromatic rings. The SMILES string of the molecule is C.C.C.C.O.O.O.O=O.OO.OO.[2H]P=O.[C-]#[O+]. The van der Waals surface area contributed by atoms with E-state index in [4.69, 9.17) is 41.5 Å². The molecule has 0 aliphatic rings. The van der Waals surface area contributed by atoms with Crippen molar-refractivity contribution in [3.05, 3.63) is 16.6 Å². The maximum absolute atomic E-state index is 8.57. The summed E-state index contributed by atoms with van der Waals surface area (Å²) in [5.41, 5.74) is 0. The first-order chi connectivity index (χ1) is 5.41. The van der Waals surface area contributed by atoms with Crippen molar-refractivity contribution >= 4 is 9.06 Å². The van der Waals surface area contributed by atoms with Gasteiger partial charge in [-0.1, -0.05) is 29.7 Å². The van der Waals surface area contributed by atoms with E-state index in [1.54, 1.807) is 0 Å². The Hall–Kier alpha value is -0.840. The Morgan fingerprint density at radius 2 is 0.824 bits per heavy atom. The molecule has 0 amide bonds. The molecule has 0 bridgehead atoms. The summed E-state index contributed by atoms with van der Waals surface area (Å²) < 4.78 is 21.7. The van der Waals surface area contributed by atoms with Gasteiger partial charge in [-0.25, -0.2) is 0 Å². The van der Waals surface area contributed by atoms with Crippen molar-refractivity contribution in [2.24, 2.45) is 0 Å². The predicted molar refractivity (Wildman–Crippen MR) is 67.9 cm³/mol. The zero-order chi connectivity index (χ0) is 10.7. The molecule has 0 aliphatic heterocycles. The molecule has 0 aromatic heterocycles. The molecule has 0 saturated carbocycles. The number of rotatable bonds is 0. The summed E-state index contributed by atoms with van der Waals surface area (Å²) in [6.45, 7) is 4.50. The number of hydrogen-bond acceptors (Lipinski definition) is 7. The van der Waals surface area contributed by atoms with E-state index in [2.05, 4.69) is 6.65 Å². The molecular weight excluding hydrogens is 267 g/mol. The molecule has 17 heavy (non-hydrogen) atoms. The molecule has 0 heterocycles. The van der Waals surface area contributed by atoms with Gasteiger partial charge in [0, 0.05) is 9.93 Å². The molecule has 118 valence electrons. The third-order valence-electron chi connectivity index (χ3n) is 0. The van der Waals surface area contributed by atoms with Crippen LogP contribution in [0.1, 0.15) is 29.7 Å². The van der Waals surface area contributed by atoms with Crippen LogP contribution in [0.2, 0.25) is 0 Å². The Morgan fingerprint density at radius 3 is 0.824 bits per heavy atom. The fourth-order valence-corrected chi connectivity index (χ4v) is 0. The normalized spacial score (nSPS) is 2.35. The van der Waals surface area contributed by atoms with E-state index in [0.29, 0.717) is 0 Å². The van der Waals surface area contributed by atoms with Crippen molar-refractivity contribution in [1.29, 1.82) is 1.28 Å². The molecule has 0 saturated heterocycles. The fourth-order valence-electron chi connectivity index (χ4n) is 0. The molecule has 10 N–H and O–H groups in total. The Balaban J connectivity index is -0.00000000230. The predicted octanol–water partition coefficient (Wildman–Crippen LogP) is 0.609. The summed E-state index contributed by atoms with van der Waals surface area (Å²) in [4.78, 5) is 14.0. The van der Waals surface area contributed by atoms with E-state index in [-0.39, 0.29) is 46.1 Å². The third-order valence-corrected chi connectivity index (χ3v) is 0. The topological polar surface area (TPSA) is 247 Å². The third kappa shape index (κ3) is 3720. The van der Waals surface area contributed by atoms with Gasteiger partial charge in [-0.05, 0) is 0 Å². The van der Waals surface area contributed by atoms with Crippen LogP contribution in [0.4, 0.5) is 0 Å². The minimum atomic E-state index is -0.583. The summed E-state index contributed by atoms with van der Waals surface area (Å²) in [5, 5.41) is 24.0. The van der Waals surface area contributed by atoms with Gasteiger partial charge >= 0.3 is 11.3 Å². The van der Waals surface area contributed by atoms with Crippen LogP contribution in [0, 0.1) is 16.6 Å². The molecule has 0 spiro atoms. The van der Waals surface area contributed by atoms with E-state index in [9.17, 15) is 0 Å². The van der Waals surface area contributed by atoms with Crippen molar-refractivity contribution < 1.29 is 46.7 Å². The molecule has 12 heteroatoms. The van der Waals surface area contributed by atoms with Gasteiger partial charge in [0.05, 0.1) is 0 Å². The Morgan fingerprint density at radius 1 is 0.824 bits per heavy atom. The van der Waals surface area contributed by atoms with Crippen molar-refractivity contribution in [2.45, 2.75) is 29.7 Å². The molecule has 0 rings (SSSR count). The van der Waals surface area contributed by atoms with Gasteiger partial charge in [0.25, 0.3) is 0 Å². The summed E-state index contributed by atoms with van der Waals surface area (Å²) in [7, 11) is -0.583. The first kappa shape index (κ1) is 139. The van der Waals surface area contributed by atoms with Crippen LogP contribution in [-0.4, -0.2) is 38.7 Å². The maximum atomic E-state index is 8.57. The van der Waals surface area contributed by atoms with Crippen LogP contribution >= 0.6 is 9.06 Å². The van der Waals surface area contributed by atoms with Crippen LogP contribution in [0.15, 0.2) is 0 Å². The molecule has 11 nitrogen and oxygen atoms in total. The Kier molecular flexibility index (Phi) is 35300. The average Bonchev–Trinajstić information content (AvgIpc) is 2.18. The van der Waals surface area contributed by atoms with Crippen molar-refractivity contribution in [2.75, 3.05) is 0 Å². The second-order valence-electron chi connectivity index (χ2n) is 0. The molecule has 0 fully saturated rings.